The van der Waals surface area contributed by atoms with Crippen LogP contribution in [0, 0.1) is 12.3 Å². The van der Waals surface area contributed by atoms with Gasteiger partial charge in [0.25, 0.3) is 12.4 Å². The summed E-state index contributed by atoms with van der Waals surface area (Å²) in [6, 6.07) is 4.57. The van der Waals surface area contributed by atoms with Gasteiger partial charge in [0, 0.05) is 42.9 Å². The third-order valence-electron chi connectivity index (χ3n) is 6.13. The number of nitrogens with zero attached hydrogens (tertiary/aromatic N) is 5. The maximum Gasteiger partial charge on any atom is 0.435 e. The summed E-state index contributed by atoms with van der Waals surface area (Å²) in [6.45, 7) is 4.81. The van der Waals surface area contributed by atoms with Crippen molar-refractivity contribution in [1.82, 2.24) is 29.5 Å². The molecular formula is C28H31F3N8O4. The first-order valence-electron chi connectivity index (χ1n) is 13.1. The van der Waals surface area contributed by atoms with E-state index >= 15 is 0 Å². The van der Waals surface area contributed by atoms with Gasteiger partial charge in [-0.05, 0) is 37.1 Å². The van der Waals surface area contributed by atoms with E-state index in [1.165, 1.54) is 29.2 Å². The van der Waals surface area contributed by atoms with Crippen molar-refractivity contribution in [2.24, 2.45) is 5.73 Å². The minimum absolute atomic E-state index is 0.156. The van der Waals surface area contributed by atoms with E-state index in [4.69, 9.17) is 26.8 Å². The first kappa shape index (κ1) is 32.6. The first-order chi connectivity index (χ1) is 20.6. The molecule has 0 aliphatic rings. The average molecular weight is 601 g/mol. The number of carboxylic acid groups (broad SMARTS) is 1. The molecule has 1 atom stereocenters. The van der Waals surface area contributed by atoms with Gasteiger partial charge in [0.05, 0.1) is 30.7 Å². The standard InChI is InChI=1S/C27H29F3N8O2.CH2O2/c1-4-17(3)38-16-21(23(36-38)27(28,29)30)22-15-34-25-24(32-9-11-37(22)25)35-19-6-7-20(18(5-2)14-19)26(39)33-10-13-40-12-8-31;2-1-3/h1,6-7,9,11,14-17H,5,8,10,12-13,31H2,2-3H3,(H,32,35)(H,33,39);1H,(H,2,3). The Labute approximate surface area is 245 Å². The fraction of sp³-hybridized carbons (Fsp3) is 0.321. The summed E-state index contributed by atoms with van der Waals surface area (Å²) >= 11 is 0. The number of nitrogens with one attached hydrogen (secondary N) is 2. The molecule has 0 bridgehead atoms. The van der Waals surface area contributed by atoms with Gasteiger partial charge < -0.3 is 26.2 Å². The van der Waals surface area contributed by atoms with E-state index in [0.29, 0.717) is 55.4 Å². The zero-order valence-corrected chi connectivity index (χ0v) is 23.4. The minimum atomic E-state index is -4.70. The first-order valence-corrected chi connectivity index (χ1v) is 13.1. The quantitative estimate of drug-likeness (QED) is 0.115. The second-order valence-corrected chi connectivity index (χ2v) is 8.94. The van der Waals surface area contributed by atoms with Crippen molar-refractivity contribution in [3.8, 4) is 23.6 Å². The highest BCUT2D eigenvalue weighted by molar-refractivity contribution is 5.96. The number of amides is 1. The second kappa shape index (κ2) is 14.8. The Morgan fingerprint density at radius 3 is 2.70 bits per heavy atom. The fourth-order valence-electron chi connectivity index (χ4n) is 4.11. The molecule has 0 saturated carbocycles. The number of benzene rings is 1. The topological polar surface area (TPSA) is 162 Å². The number of carbonyl (C=O) groups is 2. The van der Waals surface area contributed by atoms with Gasteiger partial charge in [0.2, 0.25) is 0 Å². The molecule has 0 saturated heterocycles. The van der Waals surface area contributed by atoms with Crippen LogP contribution in [0.5, 0.6) is 0 Å². The number of halogens is 3. The molecular weight excluding hydrogens is 569 g/mol. The lowest BCUT2D eigenvalue weighted by Crippen LogP contribution is -2.28. The summed E-state index contributed by atoms with van der Waals surface area (Å²) in [7, 11) is 0. The van der Waals surface area contributed by atoms with Crippen molar-refractivity contribution in [3.63, 3.8) is 0 Å². The SMILES string of the molecule is C#CC(C)n1cc(-c2cnc3c(Nc4ccc(C(=O)NCCOCCN)c(CC)c4)nccn23)c(C(F)(F)F)n1.O=CO. The maximum absolute atomic E-state index is 13.8. The summed E-state index contributed by atoms with van der Waals surface area (Å²) in [6.07, 6.45) is 6.87. The van der Waals surface area contributed by atoms with E-state index in [0.717, 1.165) is 10.2 Å². The van der Waals surface area contributed by atoms with Gasteiger partial charge >= 0.3 is 6.18 Å². The molecule has 4 rings (SSSR count). The molecule has 15 heteroatoms. The van der Waals surface area contributed by atoms with Crippen LogP contribution in [0.1, 0.15) is 41.5 Å². The number of terminal acetylenes is 1. The number of carbonyl (C=O) groups excluding carboxylic acids is 1. The number of aromatic nitrogens is 5. The van der Waals surface area contributed by atoms with Crippen molar-refractivity contribution in [2.75, 3.05) is 31.6 Å². The highest BCUT2D eigenvalue weighted by Gasteiger charge is 2.38. The van der Waals surface area contributed by atoms with E-state index < -0.39 is 17.9 Å². The van der Waals surface area contributed by atoms with E-state index in [1.54, 1.807) is 19.1 Å². The van der Waals surface area contributed by atoms with Crippen LogP contribution in [-0.4, -0.2) is 67.9 Å². The van der Waals surface area contributed by atoms with Crippen molar-refractivity contribution in [2.45, 2.75) is 32.5 Å². The zero-order valence-electron chi connectivity index (χ0n) is 23.4. The number of imidazole rings is 1. The van der Waals surface area contributed by atoms with Crippen LogP contribution >= 0.6 is 0 Å². The minimum Gasteiger partial charge on any atom is -0.483 e. The van der Waals surface area contributed by atoms with Gasteiger partial charge in [-0.1, -0.05) is 12.8 Å². The number of aryl methyl sites for hydroxylation is 1. The molecule has 3 heterocycles. The van der Waals surface area contributed by atoms with Crippen molar-refractivity contribution in [1.29, 1.82) is 0 Å². The predicted octanol–water partition coefficient (Wildman–Crippen LogP) is 3.52. The Kier molecular flexibility index (Phi) is 11.2. The molecule has 0 fully saturated rings. The molecule has 228 valence electrons. The molecule has 1 amide bonds. The summed E-state index contributed by atoms with van der Waals surface area (Å²) in [5, 5.41) is 16.6. The normalized spacial score (nSPS) is 11.7. The number of hydrogen-bond donors (Lipinski definition) is 4. The third kappa shape index (κ3) is 7.87. The van der Waals surface area contributed by atoms with E-state index in [-0.39, 0.29) is 23.6 Å². The van der Waals surface area contributed by atoms with Gasteiger partial charge in [-0.25, -0.2) is 9.97 Å². The maximum atomic E-state index is 13.8. The highest BCUT2D eigenvalue weighted by atomic mass is 19.4. The van der Waals surface area contributed by atoms with Crippen LogP contribution in [0.2, 0.25) is 0 Å². The highest BCUT2D eigenvalue weighted by Crippen LogP contribution is 2.37. The van der Waals surface area contributed by atoms with Crippen molar-refractivity contribution < 1.29 is 32.6 Å². The lowest BCUT2D eigenvalue weighted by Gasteiger charge is -2.13. The summed E-state index contributed by atoms with van der Waals surface area (Å²) in [4.78, 5) is 29.7. The van der Waals surface area contributed by atoms with Crippen LogP contribution in [-0.2, 0) is 22.1 Å². The predicted molar refractivity (Wildman–Crippen MR) is 153 cm³/mol. The molecule has 4 aromatic rings. The molecule has 0 aliphatic heterocycles. The molecule has 1 aromatic carbocycles. The summed E-state index contributed by atoms with van der Waals surface area (Å²) in [5.41, 5.74) is 6.62. The number of fused-ring (bicyclic) bond motifs is 1. The molecule has 1 unspecified atom stereocenters. The number of hydrogen-bond acceptors (Lipinski definition) is 8. The summed E-state index contributed by atoms with van der Waals surface area (Å²) in [5.74, 6) is 2.48. The van der Waals surface area contributed by atoms with Gasteiger partial charge in [0.1, 0.15) is 6.04 Å². The Morgan fingerprint density at radius 1 is 1.30 bits per heavy atom. The zero-order chi connectivity index (χ0) is 31.6. The number of alkyl halides is 3. The third-order valence-corrected chi connectivity index (χ3v) is 6.13. The molecule has 5 N–H and O–H groups in total. The van der Waals surface area contributed by atoms with E-state index in [2.05, 4.69) is 31.6 Å². The van der Waals surface area contributed by atoms with Crippen LogP contribution in [0.4, 0.5) is 24.7 Å². The largest absolute Gasteiger partial charge is 0.483 e. The van der Waals surface area contributed by atoms with Crippen LogP contribution in [0.3, 0.4) is 0 Å². The molecule has 0 spiro atoms. The number of nitrogens with two attached hydrogens (primary N) is 1. The molecule has 43 heavy (non-hydrogen) atoms. The Bertz CT molecular complexity index is 1590. The van der Waals surface area contributed by atoms with E-state index in [1.807, 2.05) is 13.0 Å². The van der Waals surface area contributed by atoms with Crippen LogP contribution in [0.15, 0.2) is 43.0 Å². The molecule has 0 aliphatic carbocycles. The Balaban J connectivity index is 0.00000162. The van der Waals surface area contributed by atoms with Crippen LogP contribution < -0.4 is 16.4 Å². The average Bonchev–Trinajstić information content (AvgIpc) is 3.62. The number of anilines is 2. The van der Waals surface area contributed by atoms with Crippen LogP contribution in [0.25, 0.3) is 16.9 Å². The van der Waals surface area contributed by atoms with Gasteiger partial charge in [-0.2, -0.15) is 18.3 Å². The monoisotopic (exact) mass is 600 g/mol. The lowest BCUT2D eigenvalue weighted by molar-refractivity contribution is -0.141. The Hall–Kier alpha value is -4.94. The molecule has 0 radical (unpaired) electrons. The summed E-state index contributed by atoms with van der Waals surface area (Å²) < 4.78 is 49.4. The van der Waals surface area contributed by atoms with Gasteiger partial charge in [-0.15, -0.1) is 6.42 Å². The van der Waals surface area contributed by atoms with Gasteiger partial charge in [0.15, 0.2) is 17.2 Å². The molecule has 3 aromatic heterocycles. The smallest absolute Gasteiger partial charge is 0.435 e. The van der Waals surface area contributed by atoms with Crippen molar-refractivity contribution >= 4 is 29.5 Å². The fourth-order valence-corrected chi connectivity index (χ4v) is 4.11. The second-order valence-electron chi connectivity index (χ2n) is 8.94. The number of rotatable bonds is 11. The lowest BCUT2D eigenvalue weighted by atomic mass is 10.0. The molecule has 12 nitrogen and oxygen atoms in total. The Morgan fingerprint density at radius 2 is 2.05 bits per heavy atom. The van der Waals surface area contributed by atoms with E-state index in [9.17, 15) is 18.0 Å². The van der Waals surface area contributed by atoms with Crippen molar-refractivity contribution in [3.05, 3.63) is 59.8 Å². The van der Waals surface area contributed by atoms with Gasteiger partial charge in [-0.3, -0.25) is 18.7 Å². The number of ether oxygens (including phenoxy) is 1.